The minimum absolute atomic E-state index is 0. The smallest absolute Gasteiger partial charge is 0.752 e. The van der Waals surface area contributed by atoms with Crippen molar-refractivity contribution in [3.8, 4) is 11.5 Å². The number of hydrogen-bond acceptors (Lipinski definition) is 21. The molecule has 7 aliphatic heterocycles. The predicted molar refractivity (Wildman–Crippen MR) is 485 cm³/mol. The number of carboxylic acids is 1. The second kappa shape index (κ2) is 42.6. The number of ether oxygens (including phenoxy) is 1. The van der Waals surface area contributed by atoms with Crippen molar-refractivity contribution in [2.75, 3.05) is 7.11 Å². The Labute approximate surface area is 857 Å². The van der Waals surface area contributed by atoms with Crippen LogP contribution < -0.4 is 159 Å². The maximum Gasteiger partial charge on any atom is 1.00 e. The first-order valence-electron chi connectivity index (χ1n) is 38.6. The summed E-state index contributed by atoms with van der Waals surface area (Å²) in [7, 11) is -9.01. The van der Waals surface area contributed by atoms with Gasteiger partial charge in [-0.3, -0.25) is 34.9 Å². The molecule has 123 heavy (non-hydrogen) atoms. The van der Waals surface area contributed by atoms with Crippen LogP contribution in [0.15, 0.2) is 222 Å². The van der Waals surface area contributed by atoms with Gasteiger partial charge in [-0.1, -0.05) is 164 Å². The molecule has 10 aromatic carbocycles. The SMILES string of the molecule is CC1=Nc2cc[c-]cc2C1(C)C.CC1=Nc2ccc(C(=O)O)cc2C1(C)C.CC1=Nc2ccc(O)cc2C1(C)C.CC1=Nc2ccc3[c-]cc(S(=O)(=O)[O-])cc3c2C1(C)C.CC1=Nc2ccc3ccccc3c2C1(C)C.CC1=Nc2ccccc2C1(C)C.COc1ccc2c(c1)C(C)(C)C(C)=N2.Cc1nc2ccccc2s1.O=S(=O)=O.O=S(=O)=O.[K+].[K+].[K+]. The van der Waals surface area contributed by atoms with Crippen LogP contribution in [0.25, 0.3) is 31.8 Å². The molecule has 0 aliphatic carbocycles. The molecule has 0 unspecified atom stereocenters. The fourth-order valence-electron chi connectivity index (χ4n) is 14.4. The molecular formula is C95H101K3N8O13S4. The van der Waals surface area contributed by atoms with Crippen molar-refractivity contribution in [2.24, 2.45) is 34.9 Å². The number of aromatic nitrogens is 1. The number of carboxylic acid groups (broad SMARTS) is 1. The van der Waals surface area contributed by atoms with Gasteiger partial charge in [0.15, 0.2) is 0 Å². The summed E-state index contributed by atoms with van der Waals surface area (Å²) in [5.74, 6) is 0.330. The Morgan fingerprint density at radius 1 is 0.431 bits per heavy atom. The molecule has 0 amide bonds. The van der Waals surface area contributed by atoms with Crippen molar-refractivity contribution in [3.05, 3.63) is 244 Å². The number of aromatic carboxylic acids is 1. The quantitative estimate of drug-likeness (QED) is 0.0944. The van der Waals surface area contributed by atoms with E-state index in [-0.39, 0.29) is 197 Å². The minimum atomic E-state index is -4.48. The molecule has 0 bridgehead atoms. The molecule has 28 heteroatoms. The number of hydrogen-bond donors (Lipinski definition) is 2. The number of aryl methyl sites for hydroxylation is 1. The number of para-hydroxylation sites is 2. The second-order valence-electron chi connectivity index (χ2n) is 33.3. The van der Waals surface area contributed by atoms with E-state index in [2.05, 4.69) is 230 Å². The van der Waals surface area contributed by atoms with Gasteiger partial charge in [0, 0.05) is 78.2 Å². The number of methoxy groups -OCH3 is 1. The van der Waals surface area contributed by atoms with E-state index < -0.39 is 37.3 Å². The molecule has 8 heterocycles. The molecule has 7 aliphatic rings. The first-order valence-corrected chi connectivity index (χ1v) is 42.8. The van der Waals surface area contributed by atoms with Gasteiger partial charge >= 0.3 is 181 Å². The molecule has 0 saturated carbocycles. The van der Waals surface area contributed by atoms with Crippen molar-refractivity contribution in [1.82, 2.24) is 4.98 Å². The number of carbonyl (C=O) groups is 1. The van der Waals surface area contributed by atoms with Crippen LogP contribution in [-0.2, 0) is 69.2 Å². The molecule has 2 N–H and O–H groups in total. The van der Waals surface area contributed by atoms with Crippen LogP contribution in [0.3, 0.4) is 0 Å². The van der Waals surface area contributed by atoms with Crippen molar-refractivity contribution in [3.63, 3.8) is 0 Å². The van der Waals surface area contributed by atoms with Crippen molar-refractivity contribution in [1.29, 1.82) is 0 Å². The van der Waals surface area contributed by atoms with Crippen LogP contribution in [0.5, 0.6) is 11.5 Å². The van der Waals surface area contributed by atoms with Crippen molar-refractivity contribution >= 4 is 160 Å². The summed E-state index contributed by atoms with van der Waals surface area (Å²) in [6, 6.07) is 64.2. The third kappa shape index (κ3) is 24.3. The molecule has 0 spiro atoms. The zero-order valence-electron chi connectivity index (χ0n) is 74.9. The van der Waals surface area contributed by atoms with Gasteiger partial charge in [0.05, 0.1) is 66.5 Å². The maximum atomic E-state index is 11.2. The summed E-state index contributed by atoms with van der Waals surface area (Å²) in [6.45, 7) is 46.5. The third-order valence-corrected chi connectivity index (χ3v) is 25.4. The summed E-state index contributed by atoms with van der Waals surface area (Å²) < 4.78 is 90.8. The third-order valence-electron chi connectivity index (χ3n) is 23.6. The summed E-state index contributed by atoms with van der Waals surface area (Å²) in [5.41, 5.74) is 24.7. The van der Waals surface area contributed by atoms with Crippen LogP contribution in [0.4, 0.5) is 39.8 Å². The Hall–Kier alpha value is -6.57. The van der Waals surface area contributed by atoms with E-state index in [4.69, 9.17) is 35.1 Å². The molecule has 0 radical (unpaired) electrons. The van der Waals surface area contributed by atoms with Gasteiger partial charge in [0.1, 0.15) is 11.5 Å². The van der Waals surface area contributed by atoms with Gasteiger partial charge in [-0.05, 0) is 194 Å². The Morgan fingerprint density at radius 2 is 0.829 bits per heavy atom. The predicted octanol–water partition coefficient (Wildman–Crippen LogP) is 13.3. The molecule has 18 rings (SSSR count). The van der Waals surface area contributed by atoms with Gasteiger partial charge in [-0.2, -0.15) is 18.2 Å². The van der Waals surface area contributed by atoms with Gasteiger partial charge in [0.25, 0.3) is 0 Å². The van der Waals surface area contributed by atoms with E-state index in [9.17, 15) is 22.9 Å². The van der Waals surface area contributed by atoms with Gasteiger partial charge in [-0.15, -0.1) is 83.3 Å². The number of fused-ring (bicyclic) bond motifs is 12. The zero-order chi connectivity index (χ0) is 88.9. The summed E-state index contributed by atoms with van der Waals surface area (Å²) in [4.78, 5) is 46.6. The average molecular weight is 1810 g/mol. The van der Waals surface area contributed by atoms with Crippen molar-refractivity contribution in [2.45, 2.75) is 195 Å². The van der Waals surface area contributed by atoms with Gasteiger partial charge in [0.2, 0.25) is 0 Å². The number of nitrogens with zero attached hydrogens (tertiary/aromatic N) is 8. The monoisotopic (exact) mass is 1810 g/mol. The number of phenols is 1. The first-order chi connectivity index (χ1) is 55.9. The van der Waals surface area contributed by atoms with E-state index in [1.165, 1.54) is 72.7 Å². The molecule has 0 atom stereocenters. The topological polar surface area (TPSA) is 326 Å². The van der Waals surface area contributed by atoms with Crippen LogP contribution in [0.1, 0.15) is 200 Å². The molecule has 626 valence electrons. The molecule has 0 fully saturated rings. The number of aromatic hydroxyl groups is 1. The Morgan fingerprint density at radius 3 is 1.33 bits per heavy atom. The van der Waals surface area contributed by atoms with E-state index in [1.807, 2.05) is 114 Å². The molecule has 11 aromatic rings. The summed E-state index contributed by atoms with van der Waals surface area (Å²) in [6.07, 6.45) is 0. The van der Waals surface area contributed by atoms with E-state index in [1.54, 1.807) is 48.8 Å². The normalized spacial score (nSPS) is 16.0. The Bertz CT molecular complexity index is 6340. The van der Waals surface area contributed by atoms with Crippen LogP contribution >= 0.6 is 11.3 Å². The Kier molecular flexibility index (Phi) is 36.4. The number of benzene rings is 10. The van der Waals surface area contributed by atoms with Crippen LogP contribution in [0.2, 0.25) is 0 Å². The number of aliphatic imine (C=N–C) groups is 7. The van der Waals surface area contributed by atoms with Crippen molar-refractivity contribution < 1.29 is 212 Å². The van der Waals surface area contributed by atoms with Crippen LogP contribution in [0, 0.1) is 19.1 Å². The average Bonchev–Trinajstić information content (AvgIpc) is 1.60. The second-order valence-corrected chi connectivity index (χ2v) is 36.8. The van der Waals surface area contributed by atoms with E-state index in [0.717, 1.165) is 101 Å². The van der Waals surface area contributed by atoms with Gasteiger partial charge in [-0.25, -0.2) is 18.2 Å². The number of rotatable bonds is 3. The van der Waals surface area contributed by atoms with Gasteiger partial charge < -0.3 is 19.5 Å². The maximum absolute atomic E-state index is 11.2. The van der Waals surface area contributed by atoms with Crippen LogP contribution in [-0.4, -0.2) is 106 Å². The molecule has 21 nitrogen and oxygen atoms in total. The van der Waals surface area contributed by atoms with E-state index in [0.29, 0.717) is 11.3 Å². The molecule has 0 saturated heterocycles. The number of phenolic OH excluding ortho intramolecular Hbond substituents is 1. The fraction of sp³-hybridized carbons (Fsp3) is 0.316. The Balaban J connectivity index is 0.000000215. The number of thiazole rings is 1. The first kappa shape index (κ1) is 105. The summed E-state index contributed by atoms with van der Waals surface area (Å²) in [5, 5.41) is 23.6. The zero-order valence-corrected chi connectivity index (χ0v) is 87.6. The minimum Gasteiger partial charge on any atom is -0.752 e. The fourth-order valence-corrected chi connectivity index (χ4v) is 15.7. The summed E-state index contributed by atoms with van der Waals surface area (Å²) >= 11 is 1.74. The standard InChI is InChI=1S/C15H14NO3S.C15H15N.C12H13NO2.C12H15NO.C11H13NO.C11H13N.C11H12N.C8H7NS.3K.2O3S/c1-9-15(2,3)14-12-8-11(20(17,18)19)6-4-10(12)5-7-13(14)16-9;1-10-15(2,3)14-12-7-5-4-6-11(12)8-9-13(14)16-10;1-7-12(2,3)9-6-8(11(14)15)4-5-10(9)13-7;1-8-12(2,3)10-7-9(14-4)5-6-11(10)13-8;1-7-11(2,3)9-6-8(13)4-5-10(9)12-7;2*1-8-11(2,3)9-6-4-5-7-10(9)12-8;1-6-9-7-4-2-3-5-8(7)10-6;;;;2*1-4(2)3/h5-8H,1-3H3,(H,17,18,19);4-9H,1-3H3;4-6H,1-3H3,(H,14,15);5-7H,1-4H3;4-6,13H,1-3H3;4-7H,1-3H3;5-7H,1-3H3;2-5H,1H3;;;;;/q-1;;;;;;-1;;3*+1;;/p-1. The molecular weight excluding hydrogens is 1710 g/mol. The largest absolute Gasteiger partial charge is 1.00 e. The molecule has 1 aromatic heterocycles. The van der Waals surface area contributed by atoms with E-state index >= 15 is 0 Å².